The van der Waals surface area contributed by atoms with Crippen molar-refractivity contribution in [2.75, 3.05) is 31.2 Å². The van der Waals surface area contributed by atoms with E-state index >= 15 is 0 Å². The van der Waals surface area contributed by atoms with Crippen molar-refractivity contribution in [3.63, 3.8) is 0 Å². The Morgan fingerprint density at radius 1 is 0.967 bits per heavy atom. The van der Waals surface area contributed by atoms with Gasteiger partial charge in [-0.2, -0.15) is 0 Å². The van der Waals surface area contributed by atoms with Gasteiger partial charge in [0.05, 0.1) is 13.2 Å². The Morgan fingerprint density at radius 3 is 2.33 bits per heavy atom. The second-order valence-corrected chi connectivity index (χ2v) is 9.70. The third-order valence-electron chi connectivity index (χ3n) is 5.85. The third kappa shape index (κ3) is 5.57. The number of pyridine rings is 1. The minimum absolute atomic E-state index is 0.0244. The zero-order chi connectivity index (χ0) is 20.8. The first kappa shape index (κ1) is 21.2. The lowest BCUT2D eigenvalue weighted by molar-refractivity contribution is 0.122. The summed E-state index contributed by atoms with van der Waals surface area (Å²) >= 11 is 0. The van der Waals surface area contributed by atoms with Crippen LogP contribution in [0.3, 0.4) is 0 Å². The molecule has 0 spiro atoms. The van der Waals surface area contributed by atoms with E-state index in [0.29, 0.717) is 19.3 Å². The van der Waals surface area contributed by atoms with Gasteiger partial charge in [-0.25, -0.2) is 18.1 Å². The highest BCUT2D eigenvalue weighted by molar-refractivity contribution is 7.89. The molecule has 2 aliphatic rings. The van der Waals surface area contributed by atoms with Crippen molar-refractivity contribution < 1.29 is 13.2 Å². The van der Waals surface area contributed by atoms with Gasteiger partial charge in [0.25, 0.3) is 0 Å². The van der Waals surface area contributed by atoms with Crippen LogP contribution in [0.1, 0.15) is 31.2 Å². The maximum atomic E-state index is 12.8. The summed E-state index contributed by atoms with van der Waals surface area (Å²) in [6.07, 6.45) is 5.07. The van der Waals surface area contributed by atoms with Crippen molar-refractivity contribution in [1.29, 1.82) is 0 Å². The fraction of sp³-hybridized carbons (Fsp3) is 0.500. The average Bonchev–Trinajstić information content (AvgIpc) is 2.80. The summed E-state index contributed by atoms with van der Waals surface area (Å²) in [6, 6.07) is 14.2. The highest BCUT2D eigenvalue weighted by Gasteiger charge is 2.26. The van der Waals surface area contributed by atoms with Crippen LogP contribution < -0.4 is 14.9 Å². The number of benzene rings is 1. The number of hydrogen-bond donors (Lipinski definition) is 2. The Bertz CT molecular complexity index is 892. The zero-order valence-electron chi connectivity index (χ0n) is 17.2. The molecule has 1 saturated carbocycles. The second kappa shape index (κ2) is 9.87. The van der Waals surface area contributed by atoms with Gasteiger partial charge in [0, 0.05) is 37.9 Å². The van der Waals surface area contributed by atoms with E-state index in [0.717, 1.165) is 51.1 Å². The lowest BCUT2D eigenvalue weighted by atomic mass is 9.92. The summed E-state index contributed by atoms with van der Waals surface area (Å²) in [6.45, 7) is 3.75. The van der Waals surface area contributed by atoms with Crippen LogP contribution in [0.5, 0.6) is 0 Å². The van der Waals surface area contributed by atoms with Gasteiger partial charge in [0.1, 0.15) is 10.7 Å². The average molecular weight is 431 g/mol. The Morgan fingerprint density at radius 2 is 1.67 bits per heavy atom. The van der Waals surface area contributed by atoms with Gasteiger partial charge < -0.3 is 15.0 Å². The first-order chi connectivity index (χ1) is 14.6. The number of ether oxygens (including phenoxy) is 1. The molecule has 30 heavy (non-hydrogen) atoms. The molecule has 2 fully saturated rings. The normalized spacial score (nSPS) is 22.7. The van der Waals surface area contributed by atoms with Crippen LogP contribution in [0.4, 0.5) is 5.82 Å². The topological polar surface area (TPSA) is 83.6 Å². The van der Waals surface area contributed by atoms with Gasteiger partial charge >= 0.3 is 0 Å². The molecule has 2 aromatic rings. The van der Waals surface area contributed by atoms with Crippen molar-refractivity contribution in [2.45, 2.75) is 49.2 Å². The molecule has 0 atom stereocenters. The van der Waals surface area contributed by atoms with E-state index in [1.165, 1.54) is 11.8 Å². The second-order valence-electron chi connectivity index (χ2n) is 7.99. The number of rotatable bonds is 7. The van der Waals surface area contributed by atoms with E-state index in [1.807, 2.05) is 18.2 Å². The Balaban J connectivity index is 1.26. The molecular weight excluding hydrogens is 400 g/mol. The number of morpholine rings is 1. The van der Waals surface area contributed by atoms with E-state index < -0.39 is 10.0 Å². The molecule has 1 saturated heterocycles. The van der Waals surface area contributed by atoms with Crippen molar-refractivity contribution in [3.8, 4) is 0 Å². The standard InChI is InChI=1S/C22H30N4O3S/c27-30(28,21-10-11-22(24-17-21)26-12-14-29-15-13-26)25-20-8-6-19(7-9-20)23-16-18-4-2-1-3-5-18/h1-5,10-11,17,19-20,23,25H,6-9,12-16H2/t19-,20-. The van der Waals surface area contributed by atoms with Gasteiger partial charge in [0.2, 0.25) is 10.0 Å². The van der Waals surface area contributed by atoms with Gasteiger partial charge in [-0.05, 0) is 43.4 Å². The molecule has 8 heteroatoms. The van der Waals surface area contributed by atoms with Crippen LogP contribution in [0.25, 0.3) is 0 Å². The fourth-order valence-electron chi connectivity index (χ4n) is 4.07. The fourth-order valence-corrected chi connectivity index (χ4v) is 5.32. The maximum Gasteiger partial charge on any atom is 0.242 e. The van der Waals surface area contributed by atoms with E-state index in [9.17, 15) is 8.42 Å². The van der Waals surface area contributed by atoms with Crippen molar-refractivity contribution in [2.24, 2.45) is 0 Å². The number of nitrogens with zero attached hydrogens (tertiary/aromatic N) is 2. The lowest BCUT2D eigenvalue weighted by Crippen LogP contribution is -2.42. The molecular formula is C22H30N4O3S. The van der Waals surface area contributed by atoms with Crippen molar-refractivity contribution in [3.05, 3.63) is 54.2 Å². The number of aromatic nitrogens is 1. The Kier molecular flexibility index (Phi) is 6.99. The molecule has 0 amide bonds. The van der Waals surface area contributed by atoms with Crippen LogP contribution in [-0.4, -0.2) is 51.8 Å². The molecule has 1 aliphatic heterocycles. The molecule has 1 aromatic heterocycles. The SMILES string of the molecule is O=S(=O)(N[C@H]1CC[C@H](NCc2ccccc2)CC1)c1ccc(N2CCOCC2)nc1. The Hall–Kier alpha value is -2.00. The molecule has 0 radical (unpaired) electrons. The van der Waals surface area contributed by atoms with Crippen LogP contribution >= 0.6 is 0 Å². The van der Waals surface area contributed by atoms with E-state index in [-0.39, 0.29) is 10.9 Å². The number of nitrogens with one attached hydrogen (secondary N) is 2. The summed E-state index contributed by atoms with van der Waals surface area (Å²) < 4.78 is 33.8. The first-order valence-corrected chi connectivity index (χ1v) is 12.2. The predicted molar refractivity (Wildman–Crippen MR) is 117 cm³/mol. The molecule has 1 aliphatic carbocycles. The Labute approximate surface area is 178 Å². The highest BCUT2D eigenvalue weighted by atomic mass is 32.2. The zero-order valence-corrected chi connectivity index (χ0v) is 18.0. The van der Waals surface area contributed by atoms with Gasteiger partial charge in [0.15, 0.2) is 0 Å². The molecule has 0 unspecified atom stereocenters. The molecule has 0 bridgehead atoms. The third-order valence-corrected chi connectivity index (χ3v) is 7.36. The largest absolute Gasteiger partial charge is 0.378 e. The van der Waals surface area contributed by atoms with Gasteiger partial charge in [-0.1, -0.05) is 30.3 Å². The minimum atomic E-state index is -3.56. The van der Waals surface area contributed by atoms with Gasteiger partial charge in [-0.3, -0.25) is 0 Å². The number of hydrogen-bond acceptors (Lipinski definition) is 6. The van der Waals surface area contributed by atoms with Gasteiger partial charge in [-0.15, -0.1) is 0 Å². The monoisotopic (exact) mass is 430 g/mol. The maximum absolute atomic E-state index is 12.8. The summed E-state index contributed by atoms with van der Waals surface area (Å²) in [5.74, 6) is 0.794. The molecule has 1 aromatic carbocycles. The number of sulfonamides is 1. The molecule has 2 heterocycles. The smallest absolute Gasteiger partial charge is 0.242 e. The lowest BCUT2D eigenvalue weighted by Gasteiger charge is -2.30. The quantitative estimate of drug-likeness (QED) is 0.701. The number of anilines is 1. The van der Waals surface area contributed by atoms with Crippen LogP contribution in [0.15, 0.2) is 53.6 Å². The van der Waals surface area contributed by atoms with Crippen molar-refractivity contribution >= 4 is 15.8 Å². The van der Waals surface area contributed by atoms with Crippen LogP contribution in [-0.2, 0) is 21.3 Å². The molecule has 2 N–H and O–H groups in total. The minimum Gasteiger partial charge on any atom is -0.378 e. The summed E-state index contributed by atoms with van der Waals surface area (Å²) in [5.41, 5.74) is 1.27. The van der Waals surface area contributed by atoms with Crippen LogP contribution in [0.2, 0.25) is 0 Å². The first-order valence-electron chi connectivity index (χ1n) is 10.7. The van der Waals surface area contributed by atoms with Crippen molar-refractivity contribution in [1.82, 2.24) is 15.0 Å². The molecule has 7 nitrogen and oxygen atoms in total. The van der Waals surface area contributed by atoms with E-state index in [1.54, 1.807) is 12.1 Å². The summed E-state index contributed by atoms with van der Waals surface area (Å²) in [7, 11) is -3.56. The molecule has 162 valence electrons. The van der Waals surface area contributed by atoms with E-state index in [4.69, 9.17) is 4.74 Å². The van der Waals surface area contributed by atoms with Crippen LogP contribution in [0, 0.1) is 0 Å². The summed E-state index contributed by atoms with van der Waals surface area (Å²) in [4.78, 5) is 6.70. The predicted octanol–water partition coefficient (Wildman–Crippen LogP) is 2.30. The van der Waals surface area contributed by atoms with E-state index in [2.05, 4.69) is 32.1 Å². The highest BCUT2D eigenvalue weighted by Crippen LogP contribution is 2.22. The molecule has 4 rings (SSSR count). The summed E-state index contributed by atoms with van der Waals surface area (Å²) in [5, 5.41) is 3.59.